The summed E-state index contributed by atoms with van der Waals surface area (Å²) in [6.07, 6.45) is 3.59. The standard InChI is InChI=1S/C8H16N2O.C2H6/c1-2-3-4-6-10-7-5-9-8(10)11;1-2/h2-7H2,1H3,(H,9,11);1-2H3. The Morgan fingerprint density at radius 3 is 2.54 bits per heavy atom. The quantitative estimate of drug-likeness (QED) is 0.671. The van der Waals surface area contributed by atoms with Crippen molar-refractivity contribution in [1.29, 1.82) is 0 Å². The van der Waals surface area contributed by atoms with E-state index in [9.17, 15) is 4.79 Å². The second-order valence-corrected chi connectivity index (χ2v) is 2.93. The molecule has 0 atom stereocenters. The zero-order valence-corrected chi connectivity index (χ0v) is 9.10. The summed E-state index contributed by atoms with van der Waals surface area (Å²) in [7, 11) is 0. The molecule has 0 radical (unpaired) electrons. The van der Waals surface area contributed by atoms with Crippen molar-refractivity contribution in [3.63, 3.8) is 0 Å². The number of hydrogen-bond donors (Lipinski definition) is 1. The van der Waals surface area contributed by atoms with Crippen LogP contribution in [0.5, 0.6) is 0 Å². The largest absolute Gasteiger partial charge is 0.336 e. The first kappa shape index (κ1) is 12.3. The van der Waals surface area contributed by atoms with Gasteiger partial charge in [0.1, 0.15) is 0 Å². The maximum atomic E-state index is 11.0. The zero-order valence-electron chi connectivity index (χ0n) is 9.10. The number of unbranched alkanes of at least 4 members (excludes halogenated alkanes) is 2. The second kappa shape index (κ2) is 7.90. The van der Waals surface area contributed by atoms with Crippen LogP contribution in [0.1, 0.15) is 40.0 Å². The molecule has 78 valence electrons. The molecule has 0 aliphatic carbocycles. The van der Waals surface area contributed by atoms with Crippen LogP contribution in [0, 0.1) is 0 Å². The molecule has 1 fully saturated rings. The average Bonchev–Trinajstić information content (AvgIpc) is 2.56. The molecule has 0 unspecified atom stereocenters. The van der Waals surface area contributed by atoms with Gasteiger partial charge in [0.25, 0.3) is 0 Å². The minimum absolute atomic E-state index is 0.112. The number of carbonyl (C=O) groups excluding carboxylic acids is 1. The predicted octanol–water partition coefficient (Wildman–Crippen LogP) is 2.23. The summed E-state index contributed by atoms with van der Waals surface area (Å²) >= 11 is 0. The third-order valence-electron chi connectivity index (χ3n) is 1.98. The molecule has 1 aliphatic rings. The molecule has 0 spiro atoms. The Hall–Kier alpha value is -0.730. The minimum atomic E-state index is 0.112. The van der Waals surface area contributed by atoms with Gasteiger partial charge in [0.15, 0.2) is 0 Å². The predicted molar refractivity (Wildman–Crippen MR) is 55.8 cm³/mol. The highest BCUT2D eigenvalue weighted by atomic mass is 16.2. The molecule has 3 nitrogen and oxygen atoms in total. The van der Waals surface area contributed by atoms with E-state index >= 15 is 0 Å². The van der Waals surface area contributed by atoms with Crippen molar-refractivity contribution in [3.05, 3.63) is 0 Å². The fraction of sp³-hybridized carbons (Fsp3) is 0.900. The van der Waals surface area contributed by atoms with Crippen LogP contribution in [-0.2, 0) is 0 Å². The molecule has 1 saturated heterocycles. The van der Waals surface area contributed by atoms with Gasteiger partial charge in [-0.15, -0.1) is 0 Å². The van der Waals surface area contributed by atoms with Gasteiger partial charge in [0, 0.05) is 19.6 Å². The first-order valence-corrected chi connectivity index (χ1v) is 5.37. The Bertz CT molecular complexity index is 137. The van der Waals surface area contributed by atoms with Gasteiger partial charge in [0.05, 0.1) is 0 Å². The van der Waals surface area contributed by atoms with Crippen molar-refractivity contribution in [2.24, 2.45) is 0 Å². The summed E-state index contributed by atoms with van der Waals surface area (Å²) in [4.78, 5) is 12.9. The number of carbonyl (C=O) groups is 1. The van der Waals surface area contributed by atoms with Crippen LogP contribution in [0.15, 0.2) is 0 Å². The van der Waals surface area contributed by atoms with Gasteiger partial charge in [-0.1, -0.05) is 33.6 Å². The van der Waals surface area contributed by atoms with Crippen molar-refractivity contribution in [3.8, 4) is 0 Å². The molecule has 13 heavy (non-hydrogen) atoms. The van der Waals surface area contributed by atoms with Gasteiger partial charge in [-0.2, -0.15) is 0 Å². The van der Waals surface area contributed by atoms with Crippen LogP contribution in [0.4, 0.5) is 4.79 Å². The van der Waals surface area contributed by atoms with Crippen LogP contribution in [0.3, 0.4) is 0 Å². The van der Waals surface area contributed by atoms with E-state index in [1.807, 2.05) is 18.7 Å². The summed E-state index contributed by atoms with van der Waals surface area (Å²) in [6, 6.07) is 0.112. The van der Waals surface area contributed by atoms with E-state index in [1.54, 1.807) is 0 Å². The molecule has 0 aromatic heterocycles. The molecule has 1 aliphatic heterocycles. The molecule has 0 aromatic rings. The van der Waals surface area contributed by atoms with Crippen LogP contribution in [-0.4, -0.2) is 30.6 Å². The van der Waals surface area contributed by atoms with Gasteiger partial charge in [0.2, 0.25) is 0 Å². The molecule has 1 N–H and O–H groups in total. The summed E-state index contributed by atoms with van der Waals surface area (Å²) < 4.78 is 0. The first-order valence-electron chi connectivity index (χ1n) is 5.37. The molecule has 1 heterocycles. The van der Waals surface area contributed by atoms with Crippen molar-refractivity contribution < 1.29 is 4.79 Å². The van der Waals surface area contributed by atoms with Crippen molar-refractivity contribution in [1.82, 2.24) is 10.2 Å². The Balaban J connectivity index is 0.000000671. The Labute approximate surface area is 81.5 Å². The van der Waals surface area contributed by atoms with Gasteiger partial charge in [-0.25, -0.2) is 4.79 Å². The summed E-state index contributed by atoms with van der Waals surface area (Å²) in [5.41, 5.74) is 0. The van der Waals surface area contributed by atoms with E-state index in [0.29, 0.717) is 0 Å². The van der Waals surface area contributed by atoms with Crippen LogP contribution < -0.4 is 5.32 Å². The SMILES string of the molecule is CC.CCCCCN1CCNC1=O. The van der Waals surface area contributed by atoms with E-state index in [2.05, 4.69) is 12.2 Å². The molecule has 3 heteroatoms. The molecular weight excluding hydrogens is 164 g/mol. The minimum Gasteiger partial charge on any atom is -0.336 e. The molecule has 0 bridgehead atoms. The van der Waals surface area contributed by atoms with E-state index < -0.39 is 0 Å². The Morgan fingerprint density at radius 1 is 1.38 bits per heavy atom. The highest BCUT2D eigenvalue weighted by molar-refractivity contribution is 5.76. The van der Waals surface area contributed by atoms with Crippen LogP contribution >= 0.6 is 0 Å². The number of nitrogens with one attached hydrogen (secondary N) is 1. The first-order chi connectivity index (χ1) is 6.34. The van der Waals surface area contributed by atoms with Crippen LogP contribution in [0.2, 0.25) is 0 Å². The van der Waals surface area contributed by atoms with E-state index in [0.717, 1.165) is 26.1 Å². The lowest BCUT2D eigenvalue weighted by Crippen LogP contribution is -2.28. The van der Waals surface area contributed by atoms with Gasteiger partial charge in [-0.3, -0.25) is 0 Å². The van der Waals surface area contributed by atoms with Crippen molar-refractivity contribution in [2.45, 2.75) is 40.0 Å². The second-order valence-electron chi connectivity index (χ2n) is 2.93. The average molecular weight is 186 g/mol. The lowest BCUT2D eigenvalue weighted by molar-refractivity contribution is 0.216. The number of amides is 2. The van der Waals surface area contributed by atoms with Crippen molar-refractivity contribution in [2.75, 3.05) is 19.6 Å². The molecule has 1 rings (SSSR count). The zero-order chi connectivity index (χ0) is 10.1. The summed E-state index contributed by atoms with van der Waals surface area (Å²) in [5, 5.41) is 2.78. The lowest BCUT2D eigenvalue weighted by atomic mass is 10.2. The Morgan fingerprint density at radius 2 is 2.08 bits per heavy atom. The molecular formula is C10H22N2O. The number of rotatable bonds is 4. The van der Waals surface area contributed by atoms with Gasteiger partial charge < -0.3 is 10.2 Å². The fourth-order valence-electron chi connectivity index (χ4n) is 1.28. The van der Waals surface area contributed by atoms with E-state index in [-0.39, 0.29) is 6.03 Å². The Kier molecular flexibility index (Phi) is 7.45. The van der Waals surface area contributed by atoms with Crippen molar-refractivity contribution >= 4 is 6.03 Å². The smallest absolute Gasteiger partial charge is 0.317 e. The lowest BCUT2D eigenvalue weighted by Gasteiger charge is -2.12. The number of nitrogens with zero attached hydrogens (tertiary/aromatic N) is 1. The van der Waals surface area contributed by atoms with Gasteiger partial charge in [-0.05, 0) is 6.42 Å². The summed E-state index contributed by atoms with van der Waals surface area (Å²) in [6.45, 7) is 8.82. The third-order valence-corrected chi connectivity index (χ3v) is 1.98. The maximum absolute atomic E-state index is 11.0. The molecule has 0 saturated carbocycles. The van der Waals surface area contributed by atoms with E-state index in [1.165, 1.54) is 12.8 Å². The number of hydrogen-bond acceptors (Lipinski definition) is 1. The highest BCUT2D eigenvalue weighted by Crippen LogP contribution is 2.01. The molecule has 2 amide bonds. The van der Waals surface area contributed by atoms with E-state index in [4.69, 9.17) is 0 Å². The molecule has 0 aromatic carbocycles. The monoisotopic (exact) mass is 186 g/mol. The normalized spacial score (nSPS) is 15.0. The highest BCUT2D eigenvalue weighted by Gasteiger charge is 2.17. The van der Waals surface area contributed by atoms with Gasteiger partial charge >= 0.3 is 6.03 Å². The summed E-state index contributed by atoms with van der Waals surface area (Å²) in [5.74, 6) is 0. The topological polar surface area (TPSA) is 32.3 Å². The number of urea groups is 1. The maximum Gasteiger partial charge on any atom is 0.317 e. The van der Waals surface area contributed by atoms with Crippen LogP contribution in [0.25, 0.3) is 0 Å². The third kappa shape index (κ3) is 4.76. The fourth-order valence-corrected chi connectivity index (χ4v) is 1.28.